The van der Waals surface area contributed by atoms with Gasteiger partial charge in [0.2, 0.25) is 0 Å². The Morgan fingerprint density at radius 3 is 2.28 bits per heavy atom. The van der Waals surface area contributed by atoms with Gasteiger partial charge < -0.3 is 17.0 Å². The Hall–Kier alpha value is -2.22. The molecular formula is C18H16BrN5S. The first-order valence-corrected chi connectivity index (χ1v) is 8.68. The minimum absolute atomic E-state index is 0. The molecule has 0 saturated heterocycles. The van der Waals surface area contributed by atoms with Gasteiger partial charge >= 0.3 is 5.13 Å². The molecule has 0 bridgehead atoms. The van der Waals surface area contributed by atoms with E-state index < -0.39 is 0 Å². The van der Waals surface area contributed by atoms with Crippen molar-refractivity contribution in [3.05, 3.63) is 77.3 Å². The standard InChI is InChI=1S/C18H16N5S.BrH/c1-2-15-13-24-18(19-15)23(16-11-7-4-8-12-16)17(20-21-22-23)14-9-5-3-6-10-14;/h3-13H,2H2,1H3;1H/q+1;/p-1. The Bertz CT molecular complexity index is 907. The molecule has 7 heteroatoms. The van der Waals surface area contributed by atoms with Crippen molar-refractivity contribution in [3.63, 3.8) is 0 Å². The van der Waals surface area contributed by atoms with E-state index in [0.29, 0.717) is 0 Å². The maximum absolute atomic E-state index is 4.79. The zero-order valence-electron chi connectivity index (χ0n) is 13.6. The molecule has 0 radical (unpaired) electrons. The van der Waals surface area contributed by atoms with E-state index in [0.717, 1.165) is 34.3 Å². The molecule has 1 aliphatic rings. The normalized spacial score (nSPS) is 18.7. The summed E-state index contributed by atoms with van der Waals surface area (Å²) in [5, 5.41) is 15.8. The Balaban J connectivity index is 0.00000182. The predicted octanol–water partition coefficient (Wildman–Crippen LogP) is 2.09. The van der Waals surface area contributed by atoms with Crippen LogP contribution in [0.25, 0.3) is 0 Å². The van der Waals surface area contributed by atoms with Gasteiger partial charge in [0.05, 0.1) is 16.5 Å². The van der Waals surface area contributed by atoms with E-state index in [1.807, 2.05) is 60.7 Å². The van der Waals surface area contributed by atoms with Gasteiger partial charge in [-0.2, -0.15) is 4.98 Å². The minimum atomic E-state index is 0. The van der Waals surface area contributed by atoms with Crippen LogP contribution in [0.1, 0.15) is 18.2 Å². The molecule has 126 valence electrons. The third-order valence-electron chi connectivity index (χ3n) is 3.96. The van der Waals surface area contributed by atoms with Crippen LogP contribution in [-0.4, -0.2) is 10.8 Å². The number of hydrogen-bond acceptors (Lipinski definition) is 5. The van der Waals surface area contributed by atoms with Crippen molar-refractivity contribution in [1.82, 2.24) is 9.58 Å². The van der Waals surface area contributed by atoms with Gasteiger partial charge in [-0.1, -0.05) is 59.8 Å². The van der Waals surface area contributed by atoms with E-state index in [1.165, 1.54) is 0 Å². The number of rotatable bonds is 4. The van der Waals surface area contributed by atoms with Crippen molar-refractivity contribution in [2.24, 2.45) is 15.5 Å². The average molecular weight is 414 g/mol. The minimum Gasteiger partial charge on any atom is -1.00 e. The summed E-state index contributed by atoms with van der Waals surface area (Å²) in [6, 6.07) is 20.1. The zero-order valence-corrected chi connectivity index (χ0v) is 16.0. The first-order chi connectivity index (χ1) is 11.8. The highest BCUT2D eigenvalue weighted by Gasteiger charge is 2.48. The summed E-state index contributed by atoms with van der Waals surface area (Å²) >= 11 is 1.59. The lowest BCUT2D eigenvalue weighted by Crippen LogP contribution is -3.00. The van der Waals surface area contributed by atoms with Crippen molar-refractivity contribution in [2.45, 2.75) is 13.3 Å². The third-order valence-corrected chi connectivity index (χ3v) is 4.92. The molecule has 1 unspecified atom stereocenters. The van der Waals surface area contributed by atoms with E-state index in [1.54, 1.807) is 11.3 Å². The fourth-order valence-corrected chi connectivity index (χ4v) is 3.74. The molecule has 0 fully saturated rings. The van der Waals surface area contributed by atoms with E-state index in [2.05, 4.69) is 27.9 Å². The fraction of sp³-hybridized carbons (Fsp3) is 0.111. The number of hydrogen-bond donors (Lipinski definition) is 0. The van der Waals surface area contributed by atoms with Crippen LogP contribution in [0.2, 0.25) is 0 Å². The van der Waals surface area contributed by atoms with Crippen LogP contribution in [0.3, 0.4) is 0 Å². The van der Waals surface area contributed by atoms with Gasteiger partial charge in [0.25, 0.3) is 5.84 Å². The highest BCUT2D eigenvalue weighted by molar-refractivity contribution is 7.13. The lowest BCUT2D eigenvalue weighted by atomic mass is 10.1. The molecule has 0 saturated carbocycles. The van der Waals surface area contributed by atoms with Crippen LogP contribution in [0.15, 0.2) is 81.6 Å². The Labute approximate surface area is 160 Å². The first kappa shape index (κ1) is 17.6. The number of benzene rings is 2. The maximum atomic E-state index is 4.79. The Kier molecular flexibility index (Phi) is 5.17. The number of quaternary nitrogens is 1. The molecule has 5 nitrogen and oxygen atoms in total. The summed E-state index contributed by atoms with van der Waals surface area (Å²) in [4.78, 5) is 4.79. The largest absolute Gasteiger partial charge is 1.00 e. The highest BCUT2D eigenvalue weighted by atomic mass is 79.9. The second kappa shape index (κ2) is 7.35. The number of aromatic nitrogens is 1. The maximum Gasteiger partial charge on any atom is 0.326 e. The van der Waals surface area contributed by atoms with Crippen molar-refractivity contribution in [3.8, 4) is 0 Å². The third kappa shape index (κ3) is 2.95. The van der Waals surface area contributed by atoms with Crippen LogP contribution >= 0.6 is 11.3 Å². The van der Waals surface area contributed by atoms with Gasteiger partial charge in [0.1, 0.15) is 0 Å². The predicted molar refractivity (Wildman–Crippen MR) is 97.2 cm³/mol. The summed E-state index contributed by atoms with van der Waals surface area (Å²) < 4.78 is 0.0789. The van der Waals surface area contributed by atoms with E-state index in [9.17, 15) is 0 Å². The second-order valence-corrected chi connectivity index (χ2v) is 6.25. The van der Waals surface area contributed by atoms with Gasteiger partial charge in [-0.3, -0.25) is 0 Å². The van der Waals surface area contributed by atoms with Crippen molar-refractivity contribution >= 4 is 28.0 Å². The first-order valence-electron chi connectivity index (χ1n) is 7.80. The van der Waals surface area contributed by atoms with E-state index >= 15 is 0 Å². The molecule has 0 amide bonds. The Morgan fingerprint density at radius 2 is 1.64 bits per heavy atom. The second-order valence-electron chi connectivity index (χ2n) is 5.41. The molecule has 0 aliphatic carbocycles. The SMILES string of the molecule is CCc1csc([N+]2(c3ccccc3)N=NN=C2c2ccccc2)n1.[Br-]. The summed E-state index contributed by atoms with van der Waals surface area (Å²) in [5.41, 5.74) is 3.01. The molecule has 2 heterocycles. The van der Waals surface area contributed by atoms with Crippen LogP contribution in [0.4, 0.5) is 10.8 Å². The van der Waals surface area contributed by atoms with Gasteiger partial charge in [0, 0.05) is 22.7 Å². The Morgan fingerprint density at radius 1 is 0.960 bits per heavy atom. The number of amidine groups is 1. The molecule has 1 aliphatic heterocycles. The van der Waals surface area contributed by atoms with Crippen LogP contribution in [0, 0.1) is 0 Å². The number of halogens is 1. The molecule has 25 heavy (non-hydrogen) atoms. The van der Waals surface area contributed by atoms with Crippen molar-refractivity contribution in [2.75, 3.05) is 0 Å². The summed E-state index contributed by atoms with van der Waals surface area (Å²) in [7, 11) is 0. The van der Waals surface area contributed by atoms with E-state index in [-0.39, 0.29) is 21.6 Å². The molecule has 0 spiro atoms. The average Bonchev–Trinajstić information content (AvgIpc) is 3.31. The molecule has 0 N–H and O–H groups in total. The van der Waals surface area contributed by atoms with Crippen LogP contribution < -0.4 is 21.6 Å². The lowest BCUT2D eigenvalue weighted by molar-refractivity contribution is -0.00000485. The molecule has 3 aromatic rings. The van der Waals surface area contributed by atoms with E-state index in [4.69, 9.17) is 4.98 Å². The van der Waals surface area contributed by atoms with Crippen LogP contribution in [-0.2, 0) is 6.42 Å². The van der Waals surface area contributed by atoms with Gasteiger partial charge in [-0.05, 0) is 23.1 Å². The summed E-state index contributed by atoms with van der Waals surface area (Å²) in [6.07, 6.45) is 0.889. The van der Waals surface area contributed by atoms with Gasteiger partial charge in [-0.15, -0.1) is 0 Å². The van der Waals surface area contributed by atoms with Gasteiger partial charge in [-0.25, -0.2) is 0 Å². The summed E-state index contributed by atoms with van der Waals surface area (Å²) in [5.74, 6) is 0.763. The zero-order chi connectivity index (χ0) is 16.4. The molecule has 1 atom stereocenters. The van der Waals surface area contributed by atoms with Crippen molar-refractivity contribution < 1.29 is 17.0 Å². The van der Waals surface area contributed by atoms with Crippen molar-refractivity contribution in [1.29, 1.82) is 0 Å². The smallest absolute Gasteiger partial charge is 0.326 e. The number of para-hydroxylation sites is 1. The molecule has 4 rings (SSSR count). The number of aryl methyl sites for hydroxylation is 1. The number of thiazole rings is 1. The fourth-order valence-electron chi connectivity index (χ4n) is 2.73. The number of nitrogens with zero attached hydrogens (tertiary/aromatic N) is 5. The monoisotopic (exact) mass is 413 g/mol. The molecule has 1 aromatic heterocycles. The lowest BCUT2D eigenvalue weighted by Gasteiger charge is -2.23. The molecular weight excluding hydrogens is 398 g/mol. The quantitative estimate of drug-likeness (QED) is 0.604. The topological polar surface area (TPSA) is 50.0 Å². The van der Waals surface area contributed by atoms with Crippen LogP contribution in [0.5, 0.6) is 0 Å². The summed E-state index contributed by atoms with van der Waals surface area (Å²) in [6.45, 7) is 2.10. The van der Waals surface area contributed by atoms with Gasteiger partial charge in [0.15, 0.2) is 5.69 Å². The highest BCUT2D eigenvalue weighted by Crippen LogP contribution is 2.42. The molecule has 2 aromatic carbocycles.